The SMILES string of the molecule is Cc1cnc(Nc2cccc(CCCN)c2)c(Br)c1. The number of hydrogen-bond acceptors (Lipinski definition) is 3. The smallest absolute Gasteiger partial charge is 0.144 e. The molecule has 2 aromatic rings. The van der Waals surface area contributed by atoms with Gasteiger partial charge in [-0.2, -0.15) is 0 Å². The Morgan fingerprint density at radius 3 is 2.89 bits per heavy atom. The molecule has 0 atom stereocenters. The lowest BCUT2D eigenvalue weighted by atomic mass is 10.1. The molecule has 2 rings (SSSR count). The second kappa shape index (κ2) is 6.68. The van der Waals surface area contributed by atoms with Gasteiger partial charge in [0.2, 0.25) is 0 Å². The lowest BCUT2D eigenvalue weighted by molar-refractivity contribution is 0.833. The molecule has 0 spiro atoms. The van der Waals surface area contributed by atoms with Crippen LogP contribution in [0.25, 0.3) is 0 Å². The van der Waals surface area contributed by atoms with Crippen LogP contribution < -0.4 is 11.1 Å². The Morgan fingerprint density at radius 2 is 2.16 bits per heavy atom. The number of nitrogens with zero attached hydrogens (tertiary/aromatic N) is 1. The Balaban J connectivity index is 2.14. The molecular formula is C15H18BrN3. The number of aryl methyl sites for hydroxylation is 2. The molecule has 3 nitrogen and oxygen atoms in total. The minimum atomic E-state index is 0.725. The van der Waals surface area contributed by atoms with E-state index in [1.807, 2.05) is 25.3 Å². The molecule has 0 saturated carbocycles. The van der Waals surface area contributed by atoms with Crippen LogP contribution >= 0.6 is 15.9 Å². The fourth-order valence-corrected chi connectivity index (χ4v) is 2.44. The highest BCUT2D eigenvalue weighted by molar-refractivity contribution is 9.10. The minimum Gasteiger partial charge on any atom is -0.339 e. The zero-order chi connectivity index (χ0) is 13.7. The maximum absolute atomic E-state index is 5.54. The van der Waals surface area contributed by atoms with Crippen LogP contribution in [-0.4, -0.2) is 11.5 Å². The van der Waals surface area contributed by atoms with Gasteiger partial charge in [0.05, 0.1) is 4.47 Å². The Labute approximate surface area is 122 Å². The van der Waals surface area contributed by atoms with E-state index in [4.69, 9.17) is 5.73 Å². The van der Waals surface area contributed by atoms with E-state index in [0.29, 0.717) is 0 Å². The number of aromatic nitrogens is 1. The third kappa shape index (κ3) is 4.04. The Bertz CT molecular complexity index is 555. The molecule has 0 aliphatic rings. The number of nitrogens with one attached hydrogen (secondary N) is 1. The third-order valence-corrected chi connectivity index (χ3v) is 3.44. The van der Waals surface area contributed by atoms with Crippen molar-refractivity contribution in [1.29, 1.82) is 0 Å². The Morgan fingerprint density at radius 1 is 1.32 bits per heavy atom. The second-order valence-corrected chi connectivity index (χ2v) is 5.42. The summed E-state index contributed by atoms with van der Waals surface area (Å²) >= 11 is 3.52. The quantitative estimate of drug-likeness (QED) is 0.881. The van der Waals surface area contributed by atoms with E-state index in [1.165, 1.54) is 5.56 Å². The van der Waals surface area contributed by atoms with Crippen LogP contribution in [0.5, 0.6) is 0 Å². The number of nitrogens with two attached hydrogens (primary N) is 1. The first-order valence-corrected chi connectivity index (χ1v) is 7.16. The van der Waals surface area contributed by atoms with E-state index in [1.54, 1.807) is 0 Å². The lowest BCUT2D eigenvalue weighted by Crippen LogP contribution is -2.01. The molecule has 0 saturated heterocycles. The van der Waals surface area contributed by atoms with Crippen molar-refractivity contribution < 1.29 is 0 Å². The summed E-state index contributed by atoms with van der Waals surface area (Å²) in [6.45, 7) is 2.75. The second-order valence-electron chi connectivity index (χ2n) is 4.56. The molecule has 0 fully saturated rings. The minimum absolute atomic E-state index is 0.725. The number of rotatable bonds is 5. The topological polar surface area (TPSA) is 50.9 Å². The molecular weight excluding hydrogens is 302 g/mol. The van der Waals surface area contributed by atoms with Gasteiger partial charge < -0.3 is 11.1 Å². The normalized spacial score (nSPS) is 10.5. The van der Waals surface area contributed by atoms with Crippen molar-refractivity contribution in [1.82, 2.24) is 4.98 Å². The fraction of sp³-hybridized carbons (Fsp3) is 0.267. The number of benzene rings is 1. The zero-order valence-corrected chi connectivity index (χ0v) is 12.6. The zero-order valence-electron chi connectivity index (χ0n) is 11.0. The molecule has 1 aromatic carbocycles. The molecule has 0 aliphatic carbocycles. The van der Waals surface area contributed by atoms with Gasteiger partial charge in [-0.3, -0.25) is 0 Å². The average Bonchev–Trinajstić information content (AvgIpc) is 2.40. The van der Waals surface area contributed by atoms with Gasteiger partial charge >= 0.3 is 0 Å². The molecule has 0 bridgehead atoms. The van der Waals surface area contributed by atoms with Crippen molar-refractivity contribution >= 4 is 27.4 Å². The van der Waals surface area contributed by atoms with Crippen LogP contribution in [0.15, 0.2) is 41.0 Å². The van der Waals surface area contributed by atoms with Crippen molar-refractivity contribution in [3.8, 4) is 0 Å². The summed E-state index contributed by atoms with van der Waals surface area (Å²) in [7, 11) is 0. The molecule has 100 valence electrons. The predicted octanol–water partition coefficient (Wildman–Crippen LogP) is 3.79. The van der Waals surface area contributed by atoms with Crippen molar-refractivity contribution in [2.75, 3.05) is 11.9 Å². The van der Waals surface area contributed by atoms with Gasteiger partial charge in [0.15, 0.2) is 0 Å². The molecule has 19 heavy (non-hydrogen) atoms. The van der Waals surface area contributed by atoms with Crippen molar-refractivity contribution in [2.24, 2.45) is 5.73 Å². The number of anilines is 2. The maximum atomic E-state index is 5.54. The molecule has 0 unspecified atom stereocenters. The van der Waals surface area contributed by atoms with Gasteiger partial charge in [-0.15, -0.1) is 0 Å². The average molecular weight is 320 g/mol. The van der Waals surface area contributed by atoms with Crippen LogP contribution in [0.3, 0.4) is 0 Å². The highest BCUT2D eigenvalue weighted by Gasteiger charge is 2.03. The number of hydrogen-bond donors (Lipinski definition) is 2. The molecule has 3 N–H and O–H groups in total. The molecule has 0 radical (unpaired) electrons. The fourth-order valence-electron chi connectivity index (χ4n) is 1.87. The van der Waals surface area contributed by atoms with Gasteiger partial charge in [-0.1, -0.05) is 12.1 Å². The molecule has 0 amide bonds. The molecule has 1 heterocycles. The summed E-state index contributed by atoms with van der Waals surface area (Å²) in [5.74, 6) is 0.835. The van der Waals surface area contributed by atoms with E-state index >= 15 is 0 Å². The van der Waals surface area contributed by atoms with Crippen LogP contribution in [0.4, 0.5) is 11.5 Å². The first kappa shape index (κ1) is 14.0. The first-order valence-electron chi connectivity index (χ1n) is 6.37. The highest BCUT2D eigenvalue weighted by atomic mass is 79.9. The summed E-state index contributed by atoms with van der Waals surface area (Å²) in [6.07, 6.45) is 3.87. The van der Waals surface area contributed by atoms with E-state index in [9.17, 15) is 0 Å². The van der Waals surface area contributed by atoms with E-state index < -0.39 is 0 Å². The predicted molar refractivity (Wildman–Crippen MR) is 83.8 cm³/mol. The molecule has 1 aromatic heterocycles. The number of pyridine rings is 1. The van der Waals surface area contributed by atoms with Gasteiger partial charge in [-0.25, -0.2) is 4.98 Å². The summed E-state index contributed by atoms with van der Waals surface area (Å²) in [4.78, 5) is 4.39. The summed E-state index contributed by atoms with van der Waals surface area (Å²) < 4.78 is 0.972. The van der Waals surface area contributed by atoms with Crippen molar-refractivity contribution in [3.63, 3.8) is 0 Å². The highest BCUT2D eigenvalue weighted by Crippen LogP contribution is 2.24. The van der Waals surface area contributed by atoms with Crippen LogP contribution in [-0.2, 0) is 6.42 Å². The first-order chi connectivity index (χ1) is 9.19. The summed E-state index contributed by atoms with van der Waals surface area (Å²) in [6, 6.07) is 10.4. The maximum Gasteiger partial charge on any atom is 0.144 e. The van der Waals surface area contributed by atoms with Crippen LogP contribution in [0.2, 0.25) is 0 Å². The van der Waals surface area contributed by atoms with E-state index in [2.05, 4.69) is 44.4 Å². The lowest BCUT2D eigenvalue weighted by Gasteiger charge is -2.09. The molecule has 0 aliphatic heterocycles. The number of halogens is 1. The van der Waals surface area contributed by atoms with Gasteiger partial charge in [-0.05, 0) is 71.6 Å². The third-order valence-electron chi connectivity index (χ3n) is 2.84. The van der Waals surface area contributed by atoms with E-state index in [0.717, 1.165) is 40.9 Å². The monoisotopic (exact) mass is 319 g/mol. The Hall–Kier alpha value is -1.39. The van der Waals surface area contributed by atoms with Gasteiger partial charge in [0.1, 0.15) is 5.82 Å². The van der Waals surface area contributed by atoms with E-state index in [-0.39, 0.29) is 0 Å². The van der Waals surface area contributed by atoms with Crippen LogP contribution in [0.1, 0.15) is 17.5 Å². The van der Waals surface area contributed by atoms with Crippen molar-refractivity contribution in [2.45, 2.75) is 19.8 Å². The van der Waals surface area contributed by atoms with Gasteiger partial charge in [0.25, 0.3) is 0 Å². The molecule has 4 heteroatoms. The van der Waals surface area contributed by atoms with Gasteiger partial charge in [0, 0.05) is 11.9 Å². The standard InChI is InChI=1S/C15H18BrN3/c1-11-8-14(16)15(18-10-11)19-13-6-2-4-12(9-13)5-3-7-17/h2,4,6,8-10H,3,5,7,17H2,1H3,(H,18,19). The van der Waals surface area contributed by atoms with Crippen molar-refractivity contribution in [3.05, 3.63) is 52.1 Å². The summed E-state index contributed by atoms with van der Waals surface area (Å²) in [5.41, 5.74) is 9.01. The largest absolute Gasteiger partial charge is 0.339 e. The van der Waals surface area contributed by atoms with Crippen LogP contribution in [0, 0.1) is 6.92 Å². The Kier molecular flexibility index (Phi) is 4.93. The summed E-state index contributed by atoms with van der Waals surface area (Å²) in [5, 5.41) is 3.33.